The molecule has 0 aliphatic carbocycles. The number of nitrogens with two attached hydrogens (primary N) is 1. The lowest BCUT2D eigenvalue weighted by Crippen LogP contribution is -2.40. The van der Waals surface area contributed by atoms with Crippen LogP contribution in [0.4, 0.5) is 5.69 Å². The van der Waals surface area contributed by atoms with E-state index >= 15 is 0 Å². The minimum Gasteiger partial charge on any atom is -0.355 e. The van der Waals surface area contributed by atoms with E-state index in [9.17, 15) is 14.4 Å². The molecule has 0 bridgehead atoms. The normalized spacial score (nSPS) is 17.5. The number of para-hydroxylation sites is 1. The molecule has 3 amide bonds. The lowest BCUT2D eigenvalue weighted by molar-refractivity contribution is -0.126. The van der Waals surface area contributed by atoms with Gasteiger partial charge in [-0.05, 0) is 18.6 Å². The summed E-state index contributed by atoms with van der Waals surface area (Å²) in [5.41, 5.74) is 6.21. The molecule has 1 aliphatic rings. The highest BCUT2D eigenvalue weighted by Gasteiger charge is 2.25. The number of piperidine rings is 1. The molecular formula is C15H20N4O3. The smallest absolute Gasteiger partial charge is 0.253 e. The number of hydrogen-bond acceptors (Lipinski definition) is 4. The number of amides is 3. The summed E-state index contributed by atoms with van der Waals surface area (Å²) < 4.78 is 0. The molecule has 7 heteroatoms. The van der Waals surface area contributed by atoms with Crippen LogP contribution < -0.4 is 21.7 Å². The Balaban J connectivity index is 2.04. The number of hydrogen-bond donors (Lipinski definition) is 4. The summed E-state index contributed by atoms with van der Waals surface area (Å²) in [6.07, 6.45) is 0.857. The van der Waals surface area contributed by atoms with Crippen molar-refractivity contribution < 1.29 is 14.4 Å². The van der Waals surface area contributed by atoms with E-state index in [2.05, 4.69) is 16.0 Å². The predicted octanol–water partition coefficient (Wildman–Crippen LogP) is -0.160. The Hall–Kier alpha value is -2.41. The summed E-state index contributed by atoms with van der Waals surface area (Å²) in [6, 6.07) is 6.80. The highest BCUT2D eigenvalue weighted by molar-refractivity contribution is 6.04. The van der Waals surface area contributed by atoms with Crippen LogP contribution in [0.25, 0.3) is 0 Å². The monoisotopic (exact) mass is 304 g/mol. The molecule has 1 atom stereocenters. The predicted molar refractivity (Wildman–Crippen MR) is 82.2 cm³/mol. The van der Waals surface area contributed by atoms with E-state index in [4.69, 9.17) is 5.73 Å². The van der Waals surface area contributed by atoms with Gasteiger partial charge in [0.2, 0.25) is 11.8 Å². The summed E-state index contributed by atoms with van der Waals surface area (Å²) in [7, 11) is 0. The Morgan fingerprint density at radius 3 is 2.77 bits per heavy atom. The van der Waals surface area contributed by atoms with Gasteiger partial charge in [0.25, 0.3) is 5.91 Å². The fourth-order valence-electron chi connectivity index (χ4n) is 2.26. The molecule has 5 N–H and O–H groups in total. The highest BCUT2D eigenvalue weighted by Crippen LogP contribution is 2.18. The summed E-state index contributed by atoms with van der Waals surface area (Å²) in [4.78, 5) is 35.4. The molecule has 0 spiro atoms. The van der Waals surface area contributed by atoms with Crippen molar-refractivity contribution in [1.29, 1.82) is 0 Å². The van der Waals surface area contributed by atoms with Gasteiger partial charge < -0.3 is 21.7 Å². The van der Waals surface area contributed by atoms with Crippen LogP contribution in [0.1, 0.15) is 23.2 Å². The van der Waals surface area contributed by atoms with Crippen LogP contribution in [-0.4, -0.2) is 37.4 Å². The first-order chi connectivity index (χ1) is 10.6. The second-order valence-electron chi connectivity index (χ2n) is 5.12. The van der Waals surface area contributed by atoms with Crippen molar-refractivity contribution in [2.24, 2.45) is 11.7 Å². The van der Waals surface area contributed by atoms with Crippen molar-refractivity contribution in [2.45, 2.75) is 12.8 Å². The summed E-state index contributed by atoms with van der Waals surface area (Å²) >= 11 is 0. The molecule has 0 saturated carbocycles. The van der Waals surface area contributed by atoms with E-state index in [0.29, 0.717) is 43.7 Å². The Kier molecular flexibility index (Phi) is 5.48. The number of carbonyl (C=O) groups excluding carboxylic acids is 3. The quantitative estimate of drug-likeness (QED) is 0.605. The summed E-state index contributed by atoms with van der Waals surface area (Å²) in [5.74, 6) is -0.791. The zero-order valence-corrected chi connectivity index (χ0v) is 12.2. The van der Waals surface area contributed by atoms with Crippen molar-refractivity contribution in [3.8, 4) is 0 Å². The average Bonchev–Trinajstić information content (AvgIpc) is 2.53. The maximum Gasteiger partial charge on any atom is 0.253 e. The number of carbonyl (C=O) groups is 3. The van der Waals surface area contributed by atoms with Gasteiger partial charge in [0.05, 0.1) is 17.2 Å². The number of rotatable bonds is 5. The summed E-state index contributed by atoms with van der Waals surface area (Å²) in [6.45, 7) is 1.05. The van der Waals surface area contributed by atoms with Crippen LogP contribution in [-0.2, 0) is 9.59 Å². The molecule has 1 aliphatic heterocycles. The minimum absolute atomic E-state index is 0.0365. The van der Waals surface area contributed by atoms with E-state index in [0.717, 1.165) is 0 Å². The molecule has 1 saturated heterocycles. The minimum atomic E-state index is -0.280. The zero-order valence-electron chi connectivity index (χ0n) is 12.2. The molecule has 2 rings (SSSR count). The molecule has 22 heavy (non-hydrogen) atoms. The summed E-state index contributed by atoms with van der Waals surface area (Å²) in [5, 5.41) is 8.12. The van der Waals surface area contributed by atoms with Gasteiger partial charge in [-0.15, -0.1) is 0 Å². The topological polar surface area (TPSA) is 113 Å². The Morgan fingerprint density at radius 2 is 2.09 bits per heavy atom. The van der Waals surface area contributed by atoms with Gasteiger partial charge in [-0.1, -0.05) is 12.1 Å². The van der Waals surface area contributed by atoms with E-state index in [-0.39, 0.29) is 23.6 Å². The first-order valence-corrected chi connectivity index (χ1v) is 7.26. The van der Waals surface area contributed by atoms with Crippen molar-refractivity contribution in [3.63, 3.8) is 0 Å². The van der Waals surface area contributed by atoms with E-state index in [1.807, 2.05) is 0 Å². The fourth-order valence-corrected chi connectivity index (χ4v) is 2.26. The first-order valence-electron chi connectivity index (χ1n) is 7.26. The van der Waals surface area contributed by atoms with E-state index < -0.39 is 0 Å². The van der Waals surface area contributed by atoms with Crippen molar-refractivity contribution in [1.82, 2.24) is 10.6 Å². The van der Waals surface area contributed by atoms with Crippen molar-refractivity contribution in [2.75, 3.05) is 25.0 Å². The maximum atomic E-state index is 12.2. The van der Waals surface area contributed by atoms with E-state index in [1.165, 1.54) is 0 Å². The SMILES string of the molecule is NCCNC(=O)c1ccccc1NC(=O)C1CCC(=O)NC1. The molecule has 0 radical (unpaired) electrons. The van der Waals surface area contributed by atoms with Crippen LogP contribution >= 0.6 is 0 Å². The third-order valence-electron chi connectivity index (χ3n) is 3.50. The standard InChI is InChI=1S/C15H20N4O3/c16-7-8-17-15(22)11-3-1-2-4-12(11)19-14(21)10-5-6-13(20)18-9-10/h1-4,10H,5-9,16H2,(H,17,22)(H,18,20)(H,19,21). The van der Waals surface area contributed by atoms with Crippen molar-refractivity contribution in [3.05, 3.63) is 29.8 Å². The van der Waals surface area contributed by atoms with Crippen LogP contribution in [0, 0.1) is 5.92 Å². The Labute approximate surface area is 128 Å². The van der Waals surface area contributed by atoms with Gasteiger partial charge in [0.1, 0.15) is 0 Å². The maximum absolute atomic E-state index is 12.2. The van der Waals surface area contributed by atoms with Gasteiger partial charge in [0, 0.05) is 26.1 Å². The molecule has 1 heterocycles. The van der Waals surface area contributed by atoms with Gasteiger partial charge in [-0.2, -0.15) is 0 Å². The van der Waals surface area contributed by atoms with Crippen LogP contribution in [0.3, 0.4) is 0 Å². The van der Waals surface area contributed by atoms with Gasteiger partial charge in [0.15, 0.2) is 0 Å². The molecule has 1 fully saturated rings. The van der Waals surface area contributed by atoms with E-state index in [1.54, 1.807) is 24.3 Å². The third kappa shape index (κ3) is 4.05. The lowest BCUT2D eigenvalue weighted by atomic mass is 9.98. The number of benzene rings is 1. The second kappa shape index (κ2) is 7.56. The molecule has 7 nitrogen and oxygen atoms in total. The second-order valence-corrected chi connectivity index (χ2v) is 5.12. The van der Waals surface area contributed by atoms with Gasteiger partial charge in [-0.25, -0.2) is 0 Å². The zero-order chi connectivity index (χ0) is 15.9. The first kappa shape index (κ1) is 16.0. The van der Waals surface area contributed by atoms with Gasteiger partial charge in [-0.3, -0.25) is 14.4 Å². The molecule has 1 aromatic carbocycles. The Morgan fingerprint density at radius 1 is 1.32 bits per heavy atom. The molecular weight excluding hydrogens is 284 g/mol. The average molecular weight is 304 g/mol. The third-order valence-corrected chi connectivity index (χ3v) is 3.50. The molecule has 118 valence electrons. The Bertz CT molecular complexity index is 564. The molecule has 0 aromatic heterocycles. The largest absolute Gasteiger partial charge is 0.355 e. The number of nitrogens with one attached hydrogen (secondary N) is 3. The van der Waals surface area contributed by atoms with Crippen LogP contribution in [0.2, 0.25) is 0 Å². The highest BCUT2D eigenvalue weighted by atomic mass is 16.2. The molecule has 1 unspecified atom stereocenters. The molecule has 1 aromatic rings. The van der Waals surface area contributed by atoms with Crippen LogP contribution in [0.5, 0.6) is 0 Å². The van der Waals surface area contributed by atoms with Crippen molar-refractivity contribution >= 4 is 23.4 Å². The van der Waals surface area contributed by atoms with Gasteiger partial charge >= 0.3 is 0 Å². The number of anilines is 1. The van der Waals surface area contributed by atoms with Crippen LogP contribution in [0.15, 0.2) is 24.3 Å². The fraction of sp³-hybridized carbons (Fsp3) is 0.400. The lowest BCUT2D eigenvalue weighted by Gasteiger charge is -2.22.